The average molecular weight is 259 g/mol. The van der Waals surface area contributed by atoms with Gasteiger partial charge in [-0.2, -0.15) is 0 Å². The number of fused-ring (bicyclic) bond motifs is 3. The normalized spacial score (nSPS) is 29.2. The van der Waals surface area contributed by atoms with E-state index in [0.29, 0.717) is 6.04 Å². The molecule has 3 fully saturated rings. The van der Waals surface area contributed by atoms with Crippen LogP contribution in [0.1, 0.15) is 15.9 Å². The third-order valence-corrected chi connectivity index (χ3v) is 4.20. The van der Waals surface area contributed by atoms with Crippen LogP contribution in [0.3, 0.4) is 0 Å². The van der Waals surface area contributed by atoms with Crippen LogP contribution in [0, 0.1) is 6.92 Å². The molecule has 0 radical (unpaired) electrons. The van der Waals surface area contributed by atoms with Gasteiger partial charge in [0.25, 0.3) is 5.91 Å². The Morgan fingerprint density at radius 2 is 1.89 bits per heavy atom. The van der Waals surface area contributed by atoms with E-state index in [0.717, 1.165) is 31.7 Å². The summed E-state index contributed by atoms with van der Waals surface area (Å²) in [6.07, 6.45) is 0. The summed E-state index contributed by atoms with van der Waals surface area (Å²) < 4.78 is 0. The molecule has 102 valence electrons. The maximum atomic E-state index is 12.1. The number of nitrogens with zero attached hydrogens (tertiary/aromatic N) is 2. The summed E-state index contributed by atoms with van der Waals surface area (Å²) in [6, 6.07) is 8.22. The van der Waals surface area contributed by atoms with Crippen LogP contribution in [0.4, 0.5) is 0 Å². The van der Waals surface area contributed by atoms with Crippen LogP contribution >= 0.6 is 0 Å². The highest BCUT2D eigenvalue weighted by Gasteiger charge is 2.31. The van der Waals surface area contributed by atoms with Crippen molar-refractivity contribution in [2.45, 2.75) is 13.0 Å². The number of hydrogen-bond donors (Lipinski definition) is 1. The molecule has 1 unspecified atom stereocenters. The van der Waals surface area contributed by atoms with Gasteiger partial charge >= 0.3 is 0 Å². The van der Waals surface area contributed by atoms with Gasteiger partial charge in [0.05, 0.1) is 0 Å². The summed E-state index contributed by atoms with van der Waals surface area (Å²) >= 11 is 0. The Bertz CT molecular complexity index is 449. The highest BCUT2D eigenvalue weighted by molar-refractivity contribution is 5.94. The van der Waals surface area contributed by atoms with Crippen molar-refractivity contribution in [1.29, 1.82) is 0 Å². The van der Waals surface area contributed by atoms with E-state index in [1.54, 1.807) is 0 Å². The van der Waals surface area contributed by atoms with Crippen LogP contribution in [0.2, 0.25) is 0 Å². The van der Waals surface area contributed by atoms with Gasteiger partial charge in [-0.1, -0.05) is 17.7 Å². The second-order valence-electron chi connectivity index (χ2n) is 5.57. The number of hydrogen-bond acceptors (Lipinski definition) is 3. The Kier molecular flexibility index (Phi) is 3.53. The van der Waals surface area contributed by atoms with Gasteiger partial charge in [0, 0.05) is 50.9 Å². The Morgan fingerprint density at radius 3 is 2.47 bits per heavy atom. The van der Waals surface area contributed by atoms with Crippen LogP contribution in [0.15, 0.2) is 24.3 Å². The molecule has 1 aromatic rings. The van der Waals surface area contributed by atoms with Crippen LogP contribution in [0.5, 0.6) is 0 Å². The maximum absolute atomic E-state index is 12.1. The highest BCUT2D eigenvalue weighted by atomic mass is 16.1. The van der Waals surface area contributed by atoms with E-state index >= 15 is 0 Å². The molecular weight excluding hydrogens is 238 g/mol. The zero-order chi connectivity index (χ0) is 13.2. The lowest BCUT2D eigenvalue weighted by molar-refractivity contribution is 0.0138. The molecule has 3 heterocycles. The van der Waals surface area contributed by atoms with Crippen molar-refractivity contribution < 1.29 is 4.79 Å². The summed E-state index contributed by atoms with van der Waals surface area (Å²) in [5, 5.41) is 3.07. The SMILES string of the molecule is Cc1ccc(C(=O)NCC2CN3CCN2CC3)cc1. The van der Waals surface area contributed by atoms with Gasteiger partial charge in [0.1, 0.15) is 0 Å². The first-order chi connectivity index (χ1) is 9.22. The van der Waals surface area contributed by atoms with E-state index in [1.807, 2.05) is 31.2 Å². The first-order valence-corrected chi connectivity index (χ1v) is 7.03. The minimum Gasteiger partial charge on any atom is -0.350 e. The van der Waals surface area contributed by atoms with Crippen LogP contribution < -0.4 is 5.32 Å². The monoisotopic (exact) mass is 259 g/mol. The second-order valence-corrected chi connectivity index (χ2v) is 5.57. The fourth-order valence-corrected chi connectivity index (χ4v) is 2.94. The molecule has 4 rings (SSSR count). The Labute approximate surface area is 114 Å². The molecule has 3 aliphatic heterocycles. The van der Waals surface area contributed by atoms with Gasteiger partial charge in [-0.15, -0.1) is 0 Å². The van der Waals surface area contributed by atoms with Crippen molar-refractivity contribution in [3.63, 3.8) is 0 Å². The lowest BCUT2D eigenvalue weighted by Crippen LogP contribution is -2.63. The molecule has 0 aromatic heterocycles. The molecule has 4 nitrogen and oxygen atoms in total. The number of nitrogens with one attached hydrogen (secondary N) is 1. The summed E-state index contributed by atoms with van der Waals surface area (Å²) in [5.41, 5.74) is 1.93. The minimum absolute atomic E-state index is 0.0395. The summed E-state index contributed by atoms with van der Waals surface area (Å²) in [4.78, 5) is 17.0. The van der Waals surface area contributed by atoms with E-state index in [-0.39, 0.29) is 5.91 Å². The average Bonchev–Trinajstić information content (AvgIpc) is 2.47. The molecule has 0 saturated carbocycles. The van der Waals surface area contributed by atoms with E-state index < -0.39 is 0 Å². The van der Waals surface area contributed by atoms with E-state index in [1.165, 1.54) is 18.7 Å². The van der Waals surface area contributed by atoms with Gasteiger partial charge in [-0.25, -0.2) is 0 Å². The van der Waals surface area contributed by atoms with Crippen LogP contribution in [-0.2, 0) is 0 Å². The van der Waals surface area contributed by atoms with Gasteiger partial charge < -0.3 is 5.32 Å². The number of carbonyl (C=O) groups is 1. The zero-order valence-corrected chi connectivity index (χ0v) is 11.4. The van der Waals surface area contributed by atoms with Crippen molar-refractivity contribution in [1.82, 2.24) is 15.1 Å². The molecule has 3 aliphatic rings. The van der Waals surface area contributed by atoms with Crippen LogP contribution in [-0.4, -0.2) is 61.0 Å². The smallest absolute Gasteiger partial charge is 0.251 e. The lowest BCUT2D eigenvalue weighted by atomic mass is 10.1. The molecule has 1 N–H and O–H groups in total. The van der Waals surface area contributed by atoms with Crippen molar-refractivity contribution in [2.75, 3.05) is 39.3 Å². The van der Waals surface area contributed by atoms with Crippen molar-refractivity contribution in [3.05, 3.63) is 35.4 Å². The molecule has 1 amide bonds. The number of rotatable bonds is 3. The number of carbonyl (C=O) groups excluding carboxylic acids is 1. The highest BCUT2D eigenvalue weighted by Crippen LogP contribution is 2.15. The maximum Gasteiger partial charge on any atom is 0.251 e. The molecule has 2 bridgehead atoms. The van der Waals surface area contributed by atoms with Gasteiger partial charge in [0.15, 0.2) is 0 Å². The van der Waals surface area contributed by atoms with E-state index in [2.05, 4.69) is 15.1 Å². The molecule has 4 heteroatoms. The summed E-state index contributed by atoms with van der Waals surface area (Å²) in [6.45, 7) is 8.53. The van der Waals surface area contributed by atoms with E-state index in [4.69, 9.17) is 0 Å². The third kappa shape index (κ3) is 2.80. The standard InChI is InChI=1S/C15H21N3O/c1-12-2-4-13(5-3-12)15(19)16-10-14-11-17-6-8-18(14)9-7-17/h2-5,14H,6-11H2,1H3,(H,16,19). The Hall–Kier alpha value is -1.39. The molecule has 1 aromatic carbocycles. The van der Waals surface area contributed by atoms with Crippen molar-refractivity contribution in [2.24, 2.45) is 0 Å². The van der Waals surface area contributed by atoms with Crippen molar-refractivity contribution in [3.8, 4) is 0 Å². The fourth-order valence-electron chi connectivity index (χ4n) is 2.94. The molecule has 0 spiro atoms. The largest absolute Gasteiger partial charge is 0.350 e. The van der Waals surface area contributed by atoms with Gasteiger partial charge in [-0.05, 0) is 19.1 Å². The van der Waals surface area contributed by atoms with Gasteiger partial charge in [-0.3, -0.25) is 14.6 Å². The quantitative estimate of drug-likeness (QED) is 0.869. The minimum atomic E-state index is 0.0395. The lowest BCUT2D eigenvalue weighted by Gasteiger charge is -2.47. The Balaban J connectivity index is 1.54. The predicted molar refractivity (Wildman–Crippen MR) is 75.3 cm³/mol. The first-order valence-electron chi connectivity index (χ1n) is 7.03. The molecule has 19 heavy (non-hydrogen) atoms. The molecule has 3 saturated heterocycles. The molecular formula is C15H21N3O. The zero-order valence-electron chi connectivity index (χ0n) is 11.4. The molecule has 1 atom stereocenters. The second kappa shape index (κ2) is 5.31. The van der Waals surface area contributed by atoms with E-state index in [9.17, 15) is 4.79 Å². The third-order valence-electron chi connectivity index (χ3n) is 4.20. The van der Waals surface area contributed by atoms with Crippen molar-refractivity contribution >= 4 is 5.91 Å². The topological polar surface area (TPSA) is 35.6 Å². The first kappa shape index (κ1) is 12.6. The predicted octanol–water partition coefficient (Wildman–Crippen LogP) is 0.725. The summed E-state index contributed by atoms with van der Waals surface area (Å²) in [7, 11) is 0. The fraction of sp³-hybridized carbons (Fsp3) is 0.533. The summed E-state index contributed by atoms with van der Waals surface area (Å²) in [5.74, 6) is 0.0395. The molecule has 0 aliphatic carbocycles. The van der Waals surface area contributed by atoms with Crippen LogP contribution in [0.25, 0.3) is 0 Å². The van der Waals surface area contributed by atoms with Gasteiger partial charge in [0.2, 0.25) is 0 Å². The number of benzene rings is 1. The number of amides is 1. The Morgan fingerprint density at radius 1 is 1.21 bits per heavy atom. The number of aryl methyl sites for hydroxylation is 1. The number of piperazine rings is 3.